The zero-order valence-electron chi connectivity index (χ0n) is 11.6. The molecule has 0 radical (unpaired) electrons. The molecule has 0 aliphatic rings. The molecule has 2 heterocycles. The van der Waals surface area contributed by atoms with Gasteiger partial charge in [-0.25, -0.2) is 9.97 Å². The van der Waals surface area contributed by atoms with E-state index in [4.69, 9.17) is 0 Å². The maximum absolute atomic E-state index is 4.68. The first-order chi connectivity index (χ1) is 9.26. The van der Waals surface area contributed by atoms with Crippen molar-refractivity contribution >= 4 is 27.8 Å². The molecular formula is C13H20N4S2. The van der Waals surface area contributed by atoms with Crippen molar-refractivity contribution in [1.82, 2.24) is 14.9 Å². The largest absolute Gasteiger partial charge is 0.362 e. The lowest BCUT2D eigenvalue weighted by atomic mass is 10.4. The second-order valence-corrected chi connectivity index (χ2v) is 5.96. The first kappa shape index (κ1) is 14.4. The van der Waals surface area contributed by atoms with Crippen LogP contribution in [0, 0.1) is 0 Å². The minimum Gasteiger partial charge on any atom is -0.362 e. The van der Waals surface area contributed by atoms with Crippen LogP contribution in [-0.2, 0) is 6.54 Å². The summed E-state index contributed by atoms with van der Waals surface area (Å²) in [5.74, 6) is 0. The maximum Gasteiger partial charge on any atom is 0.183 e. The van der Waals surface area contributed by atoms with Gasteiger partial charge in [0.25, 0.3) is 0 Å². The fraction of sp³-hybridized carbons (Fsp3) is 0.538. The Morgan fingerprint density at radius 3 is 2.42 bits per heavy atom. The molecule has 0 aromatic carbocycles. The van der Waals surface area contributed by atoms with Crippen molar-refractivity contribution in [2.45, 2.75) is 27.3 Å². The lowest BCUT2D eigenvalue weighted by Gasteiger charge is -2.15. The van der Waals surface area contributed by atoms with Crippen LogP contribution in [0.15, 0.2) is 10.8 Å². The number of rotatable bonds is 7. The molecule has 1 N–H and O–H groups in total. The molecule has 0 saturated heterocycles. The highest BCUT2D eigenvalue weighted by Gasteiger charge is 2.10. The summed E-state index contributed by atoms with van der Waals surface area (Å²) in [6.07, 6.45) is 0. The van der Waals surface area contributed by atoms with Gasteiger partial charge in [0, 0.05) is 17.3 Å². The van der Waals surface area contributed by atoms with E-state index in [9.17, 15) is 0 Å². The Kier molecular flexibility index (Phi) is 5.30. The van der Waals surface area contributed by atoms with Gasteiger partial charge in [-0.2, -0.15) is 0 Å². The molecule has 0 atom stereocenters. The van der Waals surface area contributed by atoms with Gasteiger partial charge in [0.1, 0.15) is 16.4 Å². The van der Waals surface area contributed by atoms with E-state index in [0.29, 0.717) is 0 Å². The highest BCUT2D eigenvalue weighted by Crippen LogP contribution is 2.26. The van der Waals surface area contributed by atoms with Gasteiger partial charge >= 0.3 is 0 Å². The van der Waals surface area contributed by atoms with Crippen molar-refractivity contribution in [3.63, 3.8) is 0 Å². The minimum atomic E-state index is 0.900. The Labute approximate surface area is 122 Å². The van der Waals surface area contributed by atoms with E-state index in [2.05, 4.69) is 51.7 Å². The SMILES string of the molecule is CCNc1nc(-c2csc(CN(CC)CC)n2)cs1. The summed E-state index contributed by atoms with van der Waals surface area (Å²) in [5, 5.41) is 9.53. The smallest absolute Gasteiger partial charge is 0.183 e. The number of hydrogen-bond donors (Lipinski definition) is 1. The Bertz CT molecular complexity index is 502. The van der Waals surface area contributed by atoms with Crippen LogP contribution < -0.4 is 5.32 Å². The molecule has 6 heteroatoms. The van der Waals surface area contributed by atoms with Gasteiger partial charge in [-0.05, 0) is 20.0 Å². The van der Waals surface area contributed by atoms with Crippen LogP contribution in [-0.4, -0.2) is 34.5 Å². The van der Waals surface area contributed by atoms with Crippen LogP contribution in [0.1, 0.15) is 25.8 Å². The molecule has 0 saturated carbocycles. The first-order valence-corrected chi connectivity index (χ1v) is 8.39. The van der Waals surface area contributed by atoms with E-state index >= 15 is 0 Å². The summed E-state index contributed by atoms with van der Waals surface area (Å²) in [7, 11) is 0. The number of hydrogen-bond acceptors (Lipinski definition) is 6. The molecule has 104 valence electrons. The van der Waals surface area contributed by atoms with Crippen LogP contribution in [0.4, 0.5) is 5.13 Å². The molecule has 19 heavy (non-hydrogen) atoms. The Hall–Kier alpha value is -0.980. The average Bonchev–Trinajstić information content (AvgIpc) is 3.05. The van der Waals surface area contributed by atoms with Crippen LogP contribution in [0.5, 0.6) is 0 Å². The Morgan fingerprint density at radius 1 is 1.05 bits per heavy atom. The zero-order valence-corrected chi connectivity index (χ0v) is 13.3. The molecule has 0 aliphatic carbocycles. The number of aromatic nitrogens is 2. The van der Waals surface area contributed by atoms with Crippen LogP contribution >= 0.6 is 22.7 Å². The molecule has 0 unspecified atom stereocenters. The predicted molar refractivity (Wildman–Crippen MR) is 84.0 cm³/mol. The summed E-state index contributed by atoms with van der Waals surface area (Å²) < 4.78 is 0. The molecule has 2 aromatic heterocycles. The molecular weight excluding hydrogens is 276 g/mol. The van der Waals surface area contributed by atoms with Gasteiger partial charge in [0.2, 0.25) is 0 Å². The Morgan fingerprint density at radius 2 is 1.74 bits per heavy atom. The fourth-order valence-corrected chi connectivity index (χ4v) is 3.37. The number of nitrogens with zero attached hydrogens (tertiary/aromatic N) is 3. The van der Waals surface area contributed by atoms with Gasteiger partial charge in [-0.1, -0.05) is 13.8 Å². The monoisotopic (exact) mass is 296 g/mol. The second-order valence-electron chi connectivity index (χ2n) is 4.16. The quantitative estimate of drug-likeness (QED) is 0.848. The molecule has 2 rings (SSSR count). The maximum atomic E-state index is 4.68. The van der Waals surface area contributed by atoms with Gasteiger partial charge in [-0.3, -0.25) is 4.90 Å². The van der Waals surface area contributed by atoms with Crippen molar-refractivity contribution in [2.75, 3.05) is 25.0 Å². The average molecular weight is 296 g/mol. The molecule has 0 bridgehead atoms. The van der Waals surface area contributed by atoms with Crippen LogP contribution in [0.3, 0.4) is 0 Å². The molecule has 0 aliphatic heterocycles. The van der Waals surface area contributed by atoms with Gasteiger partial charge in [0.15, 0.2) is 5.13 Å². The molecule has 2 aromatic rings. The highest BCUT2D eigenvalue weighted by atomic mass is 32.1. The van der Waals surface area contributed by atoms with Crippen molar-refractivity contribution < 1.29 is 0 Å². The summed E-state index contributed by atoms with van der Waals surface area (Å²) in [6, 6.07) is 0. The van der Waals surface area contributed by atoms with E-state index < -0.39 is 0 Å². The van der Waals surface area contributed by atoms with Crippen LogP contribution in [0.2, 0.25) is 0 Å². The standard InChI is InChI=1S/C13H20N4S2/c1-4-14-13-16-11(9-19-13)10-8-18-12(15-10)7-17(5-2)6-3/h8-9H,4-7H2,1-3H3,(H,14,16). The van der Waals surface area contributed by atoms with Crippen molar-refractivity contribution in [3.05, 3.63) is 15.8 Å². The Balaban J connectivity index is 2.07. The number of anilines is 1. The van der Waals surface area contributed by atoms with E-state index in [1.165, 1.54) is 0 Å². The van der Waals surface area contributed by atoms with Crippen molar-refractivity contribution in [2.24, 2.45) is 0 Å². The van der Waals surface area contributed by atoms with Gasteiger partial charge < -0.3 is 5.32 Å². The first-order valence-electron chi connectivity index (χ1n) is 6.63. The van der Waals surface area contributed by atoms with E-state index in [1.807, 2.05) is 0 Å². The number of thiazole rings is 2. The van der Waals surface area contributed by atoms with Crippen molar-refractivity contribution in [1.29, 1.82) is 0 Å². The lowest BCUT2D eigenvalue weighted by molar-refractivity contribution is 0.295. The van der Waals surface area contributed by atoms with E-state index in [1.54, 1.807) is 22.7 Å². The van der Waals surface area contributed by atoms with Gasteiger partial charge in [-0.15, -0.1) is 22.7 Å². The van der Waals surface area contributed by atoms with E-state index in [0.717, 1.165) is 47.7 Å². The summed E-state index contributed by atoms with van der Waals surface area (Å²) in [6.45, 7) is 10.4. The second kappa shape index (κ2) is 6.98. The molecule has 0 amide bonds. The minimum absolute atomic E-state index is 0.900. The molecule has 0 fully saturated rings. The summed E-state index contributed by atoms with van der Waals surface area (Å²) in [5.41, 5.74) is 1.97. The summed E-state index contributed by atoms with van der Waals surface area (Å²) in [4.78, 5) is 11.6. The lowest BCUT2D eigenvalue weighted by Crippen LogP contribution is -2.21. The number of nitrogens with one attached hydrogen (secondary N) is 1. The zero-order chi connectivity index (χ0) is 13.7. The predicted octanol–water partition coefficient (Wildman–Crippen LogP) is 3.54. The van der Waals surface area contributed by atoms with Crippen LogP contribution in [0.25, 0.3) is 11.4 Å². The van der Waals surface area contributed by atoms with E-state index in [-0.39, 0.29) is 0 Å². The third kappa shape index (κ3) is 3.75. The third-order valence-electron chi connectivity index (χ3n) is 2.90. The topological polar surface area (TPSA) is 41.1 Å². The highest BCUT2D eigenvalue weighted by molar-refractivity contribution is 7.14. The van der Waals surface area contributed by atoms with Gasteiger partial charge in [0.05, 0.1) is 6.54 Å². The normalized spacial score (nSPS) is 11.2. The summed E-state index contributed by atoms with van der Waals surface area (Å²) >= 11 is 3.35. The molecule has 4 nitrogen and oxygen atoms in total. The van der Waals surface area contributed by atoms with Crippen molar-refractivity contribution in [3.8, 4) is 11.4 Å². The fourth-order valence-electron chi connectivity index (χ4n) is 1.76. The molecule has 0 spiro atoms. The third-order valence-corrected chi connectivity index (χ3v) is 4.53.